The number of hydrogen-bond donors (Lipinski definition) is 4. The second-order valence-electron chi connectivity index (χ2n) is 3.35. The Hall–Kier alpha value is -2.32. The lowest BCUT2D eigenvalue weighted by Crippen LogP contribution is -2.20. The van der Waals surface area contributed by atoms with E-state index in [1.54, 1.807) is 0 Å². The van der Waals surface area contributed by atoms with Crippen LogP contribution >= 0.6 is 23.2 Å². The first-order valence-electron chi connectivity index (χ1n) is 4.59. The molecule has 1 aromatic carbocycles. The Morgan fingerprint density at radius 3 is 0.900 bits per heavy atom. The fraction of sp³-hybridized carbons (Fsp3) is 0. The van der Waals surface area contributed by atoms with Crippen molar-refractivity contribution in [2.45, 2.75) is 0 Å². The maximum absolute atomic E-state index is 11.1. The molecule has 1 rings (SSSR count). The van der Waals surface area contributed by atoms with Crippen molar-refractivity contribution in [1.29, 1.82) is 0 Å². The molecule has 0 aromatic heterocycles. The van der Waals surface area contributed by atoms with E-state index >= 15 is 0 Å². The summed E-state index contributed by atoms with van der Waals surface area (Å²) in [6, 6.07) is 0. The minimum Gasteiger partial charge on any atom is -0.478 e. The standard InChI is InChI=1S/C10H4Cl2O8/c11-5-3(9(17)18)1(7(13)14)2(8(15)16)4(6(5)12)10(19)20/h(H,13,14)(H,15,16)(H,17,18)(H,19,20). The van der Waals surface area contributed by atoms with Gasteiger partial charge in [-0.1, -0.05) is 23.2 Å². The van der Waals surface area contributed by atoms with Crippen LogP contribution in [0.4, 0.5) is 0 Å². The molecule has 4 N–H and O–H groups in total. The first-order valence-corrected chi connectivity index (χ1v) is 5.34. The molecule has 0 spiro atoms. The van der Waals surface area contributed by atoms with Crippen LogP contribution in [0.15, 0.2) is 0 Å². The summed E-state index contributed by atoms with van der Waals surface area (Å²) in [4.78, 5) is 44.2. The van der Waals surface area contributed by atoms with Gasteiger partial charge in [0.2, 0.25) is 0 Å². The van der Waals surface area contributed by atoms with Crippen molar-refractivity contribution < 1.29 is 39.6 Å². The Bertz CT molecular complexity index is 607. The number of benzene rings is 1. The Kier molecular flexibility index (Phi) is 4.21. The summed E-state index contributed by atoms with van der Waals surface area (Å²) in [5.74, 6) is -7.62. The third kappa shape index (κ3) is 2.38. The molecule has 0 saturated carbocycles. The molecule has 0 heterocycles. The molecule has 1 aromatic rings. The zero-order chi connectivity index (χ0) is 15.8. The van der Waals surface area contributed by atoms with Crippen molar-refractivity contribution >= 4 is 47.1 Å². The van der Waals surface area contributed by atoms with Crippen molar-refractivity contribution in [2.24, 2.45) is 0 Å². The molecule has 10 heteroatoms. The highest BCUT2D eigenvalue weighted by molar-refractivity contribution is 6.46. The summed E-state index contributed by atoms with van der Waals surface area (Å²) in [5, 5.41) is 34.0. The Labute approximate surface area is 119 Å². The van der Waals surface area contributed by atoms with Crippen molar-refractivity contribution in [3.63, 3.8) is 0 Å². The monoisotopic (exact) mass is 322 g/mol. The van der Waals surface area contributed by atoms with E-state index in [-0.39, 0.29) is 0 Å². The summed E-state index contributed by atoms with van der Waals surface area (Å²) >= 11 is 11.1. The minimum atomic E-state index is -1.96. The smallest absolute Gasteiger partial charge is 0.338 e. The van der Waals surface area contributed by atoms with Gasteiger partial charge in [-0.3, -0.25) is 0 Å². The Morgan fingerprint density at radius 1 is 0.550 bits per heavy atom. The maximum Gasteiger partial charge on any atom is 0.338 e. The van der Waals surface area contributed by atoms with Gasteiger partial charge in [0.15, 0.2) is 0 Å². The fourth-order valence-corrected chi connectivity index (χ4v) is 2.06. The van der Waals surface area contributed by atoms with Crippen LogP contribution in [0.5, 0.6) is 0 Å². The number of carbonyl (C=O) groups is 4. The Balaban J connectivity index is 4.14. The van der Waals surface area contributed by atoms with Crippen molar-refractivity contribution in [3.05, 3.63) is 32.3 Å². The molecule has 0 fully saturated rings. The van der Waals surface area contributed by atoms with Crippen molar-refractivity contribution in [1.82, 2.24) is 0 Å². The van der Waals surface area contributed by atoms with Crippen LogP contribution in [0.25, 0.3) is 0 Å². The predicted molar refractivity (Wildman–Crippen MR) is 64.3 cm³/mol. The first kappa shape index (κ1) is 15.7. The number of carboxylic acids is 4. The third-order valence-electron chi connectivity index (χ3n) is 2.24. The summed E-state index contributed by atoms with van der Waals surface area (Å²) in [6.07, 6.45) is 0. The van der Waals surface area contributed by atoms with Gasteiger partial charge in [0.25, 0.3) is 0 Å². The van der Waals surface area contributed by atoms with Crippen LogP contribution in [0.3, 0.4) is 0 Å². The van der Waals surface area contributed by atoms with Crippen LogP contribution in [-0.4, -0.2) is 44.3 Å². The molecule has 0 saturated heterocycles. The highest BCUT2D eigenvalue weighted by Crippen LogP contribution is 2.36. The quantitative estimate of drug-likeness (QED) is 0.655. The molecule has 106 valence electrons. The van der Waals surface area contributed by atoms with Gasteiger partial charge in [-0.25, -0.2) is 19.2 Å². The molecule has 0 amide bonds. The van der Waals surface area contributed by atoms with Crippen molar-refractivity contribution in [3.8, 4) is 0 Å². The second kappa shape index (κ2) is 5.35. The van der Waals surface area contributed by atoms with E-state index in [2.05, 4.69) is 0 Å². The van der Waals surface area contributed by atoms with E-state index in [1.807, 2.05) is 0 Å². The zero-order valence-corrected chi connectivity index (χ0v) is 10.7. The molecular weight excluding hydrogens is 319 g/mol. The van der Waals surface area contributed by atoms with E-state index in [1.165, 1.54) is 0 Å². The number of halogens is 2. The van der Waals surface area contributed by atoms with Gasteiger partial charge in [0.05, 0.1) is 32.3 Å². The molecule has 0 atom stereocenters. The highest BCUT2D eigenvalue weighted by Gasteiger charge is 2.35. The lowest BCUT2D eigenvalue weighted by atomic mass is 9.95. The second-order valence-corrected chi connectivity index (χ2v) is 4.10. The molecule has 0 aliphatic rings. The van der Waals surface area contributed by atoms with Crippen LogP contribution in [0, 0.1) is 0 Å². The van der Waals surface area contributed by atoms with Crippen molar-refractivity contribution in [2.75, 3.05) is 0 Å². The molecule has 0 aliphatic carbocycles. The van der Waals surface area contributed by atoms with Gasteiger partial charge in [-0.05, 0) is 0 Å². The van der Waals surface area contributed by atoms with Crippen LogP contribution < -0.4 is 0 Å². The number of aromatic carboxylic acids is 4. The third-order valence-corrected chi connectivity index (χ3v) is 3.09. The molecule has 0 bridgehead atoms. The largest absolute Gasteiger partial charge is 0.478 e. The normalized spacial score (nSPS) is 10.1. The number of rotatable bonds is 4. The lowest BCUT2D eigenvalue weighted by molar-refractivity contribution is 0.0619. The molecular formula is C10H4Cl2O8. The van der Waals surface area contributed by atoms with E-state index in [9.17, 15) is 19.2 Å². The van der Waals surface area contributed by atoms with Gasteiger partial charge in [0.1, 0.15) is 0 Å². The predicted octanol–water partition coefficient (Wildman–Crippen LogP) is 1.79. The van der Waals surface area contributed by atoms with Gasteiger partial charge < -0.3 is 20.4 Å². The minimum absolute atomic E-state index is 0.862. The first-order chi connectivity index (χ1) is 9.11. The van der Waals surface area contributed by atoms with Crippen LogP contribution in [-0.2, 0) is 0 Å². The van der Waals surface area contributed by atoms with E-state index in [0.717, 1.165) is 0 Å². The fourth-order valence-electron chi connectivity index (χ4n) is 1.52. The summed E-state index contributed by atoms with van der Waals surface area (Å²) in [5.41, 5.74) is -4.69. The lowest BCUT2D eigenvalue weighted by Gasteiger charge is -2.13. The van der Waals surface area contributed by atoms with E-state index in [0.29, 0.717) is 0 Å². The molecule has 8 nitrogen and oxygen atoms in total. The van der Waals surface area contributed by atoms with Gasteiger partial charge >= 0.3 is 23.9 Å². The Morgan fingerprint density at radius 2 is 0.750 bits per heavy atom. The molecule has 0 aliphatic heterocycles. The summed E-state index contributed by atoms with van der Waals surface area (Å²) in [7, 11) is 0. The van der Waals surface area contributed by atoms with Gasteiger partial charge in [-0.2, -0.15) is 0 Å². The summed E-state index contributed by atoms with van der Waals surface area (Å²) < 4.78 is 0. The number of hydrogen-bond acceptors (Lipinski definition) is 4. The molecule has 0 unspecified atom stereocenters. The average Bonchev–Trinajstić information content (AvgIpc) is 2.29. The molecule has 20 heavy (non-hydrogen) atoms. The van der Waals surface area contributed by atoms with Gasteiger partial charge in [0, 0.05) is 0 Å². The highest BCUT2D eigenvalue weighted by atomic mass is 35.5. The maximum atomic E-state index is 11.1. The SMILES string of the molecule is O=C(O)c1c(Cl)c(Cl)c(C(=O)O)c(C(=O)O)c1C(=O)O. The molecule has 0 radical (unpaired) electrons. The van der Waals surface area contributed by atoms with Crippen LogP contribution in [0.2, 0.25) is 10.0 Å². The summed E-state index contributed by atoms with van der Waals surface area (Å²) in [6.45, 7) is 0. The van der Waals surface area contributed by atoms with E-state index < -0.39 is 56.2 Å². The topological polar surface area (TPSA) is 149 Å². The van der Waals surface area contributed by atoms with Crippen LogP contribution in [0.1, 0.15) is 41.4 Å². The van der Waals surface area contributed by atoms with E-state index in [4.69, 9.17) is 43.6 Å². The zero-order valence-electron chi connectivity index (χ0n) is 9.18. The number of carboxylic acid groups (broad SMARTS) is 4. The van der Waals surface area contributed by atoms with Gasteiger partial charge in [-0.15, -0.1) is 0 Å². The average molecular weight is 323 g/mol.